The highest BCUT2D eigenvalue weighted by molar-refractivity contribution is 5.92. The van der Waals surface area contributed by atoms with E-state index in [2.05, 4.69) is 34.6 Å². The standard InChI is InChI=1S/C18H21N3O/c1-22-17-9-5-8-15(12-17)20-18(19)21-16-10-14(11-16)13-6-3-2-4-7-13/h2-9,12,14,16H,10-11H2,1H3,(H3,19,20,21). The Balaban J connectivity index is 1.55. The molecule has 0 saturated heterocycles. The van der Waals surface area contributed by atoms with Gasteiger partial charge in [-0.25, -0.2) is 4.99 Å². The lowest BCUT2D eigenvalue weighted by molar-refractivity contribution is 0.353. The van der Waals surface area contributed by atoms with E-state index in [0.717, 1.165) is 24.3 Å². The molecule has 1 saturated carbocycles. The van der Waals surface area contributed by atoms with Crippen molar-refractivity contribution in [2.45, 2.75) is 24.8 Å². The molecule has 2 aromatic rings. The van der Waals surface area contributed by atoms with Gasteiger partial charge in [0.1, 0.15) is 5.75 Å². The predicted molar refractivity (Wildman–Crippen MR) is 90.4 cm³/mol. The van der Waals surface area contributed by atoms with Crippen LogP contribution in [-0.2, 0) is 0 Å². The zero-order valence-electron chi connectivity index (χ0n) is 12.7. The Morgan fingerprint density at radius 3 is 2.64 bits per heavy atom. The van der Waals surface area contributed by atoms with Crippen molar-refractivity contribution in [1.29, 1.82) is 0 Å². The molecule has 1 fully saturated rings. The number of hydrogen-bond acceptors (Lipinski definition) is 2. The van der Waals surface area contributed by atoms with E-state index < -0.39 is 0 Å². The first-order valence-corrected chi connectivity index (χ1v) is 7.54. The predicted octanol–water partition coefficient (Wildman–Crippen LogP) is 3.37. The summed E-state index contributed by atoms with van der Waals surface area (Å²) in [5.41, 5.74) is 8.27. The molecule has 3 N–H and O–H groups in total. The molecule has 0 bridgehead atoms. The van der Waals surface area contributed by atoms with Gasteiger partial charge in [0.2, 0.25) is 0 Å². The zero-order chi connectivity index (χ0) is 15.4. The first kappa shape index (κ1) is 14.4. The molecular formula is C18H21N3O. The third kappa shape index (κ3) is 3.39. The van der Waals surface area contributed by atoms with Crippen molar-refractivity contribution < 1.29 is 4.74 Å². The normalized spacial score (nSPS) is 21.0. The molecule has 4 nitrogen and oxygen atoms in total. The zero-order valence-corrected chi connectivity index (χ0v) is 12.7. The second-order valence-electron chi connectivity index (χ2n) is 5.60. The van der Waals surface area contributed by atoms with Crippen molar-refractivity contribution in [3.8, 4) is 5.75 Å². The summed E-state index contributed by atoms with van der Waals surface area (Å²) in [6, 6.07) is 18.6. The number of anilines is 1. The van der Waals surface area contributed by atoms with Gasteiger partial charge >= 0.3 is 0 Å². The average molecular weight is 295 g/mol. The summed E-state index contributed by atoms with van der Waals surface area (Å²) in [5, 5.41) is 3.12. The smallest absolute Gasteiger partial charge is 0.193 e. The van der Waals surface area contributed by atoms with Crippen LogP contribution in [0.25, 0.3) is 0 Å². The highest BCUT2D eigenvalue weighted by Crippen LogP contribution is 2.38. The Hall–Kier alpha value is -2.49. The molecule has 3 rings (SSSR count). The largest absolute Gasteiger partial charge is 0.497 e. The van der Waals surface area contributed by atoms with Crippen molar-refractivity contribution in [3.63, 3.8) is 0 Å². The van der Waals surface area contributed by atoms with Gasteiger partial charge < -0.3 is 15.8 Å². The van der Waals surface area contributed by atoms with E-state index in [1.165, 1.54) is 5.56 Å². The molecule has 0 unspecified atom stereocenters. The Kier molecular flexibility index (Phi) is 4.28. The van der Waals surface area contributed by atoms with E-state index in [0.29, 0.717) is 17.9 Å². The Morgan fingerprint density at radius 2 is 1.91 bits per heavy atom. The van der Waals surface area contributed by atoms with Gasteiger partial charge in [-0.05, 0) is 36.5 Å². The monoisotopic (exact) mass is 295 g/mol. The lowest BCUT2D eigenvalue weighted by Gasteiger charge is -2.33. The quantitative estimate of drug-likeness (QED) is 0.671. The van der Waals surface area contributed by atoms with Crippen LogP contribution in [0.5, 0.6) is 5.75 Å². The fraction of sp³-hybridized carbons (Fsp3) is 0.278. The maximum Gasteiger partial charge on any atom is 0.193 e. The minimum Gasteiger partial charge on any atom is -0.497 e. The lowest BCUT2D eigenvalue weighted by Crippen LogP contribution is -2.31. The van der Waals surface area contributed by atoms with Crippen molar-refractivity contribution in [2.24, 2.45) is 10.7 Å². The maximum atomic E-state index is 5.99. The first-order valence-electron chi connectivity index (χ1n) is 7.54. The molecular weight excluding hydrogens is 274 g/mol. The number of guanidine groups is 1. The van der Waals surface area contributed by atoms with E-state index in [-0.39, 0.29) is 0 Å². The molecule has 0 aromatic heterocycles. The lowest BCUT2D eigenvalue weighted by atomic mass is 9.76. The molecule has 1 aliphatic carbocycles. The van der Waals surface area contributed by atoms with Crippen LogP contribution >= 0.6 is 0 Å². The van der Waals surface area contributed by atoms with E-state index in [9.17, 15) is 0 Å². The molecule has 22 heavy (non-hydrogen) atoms. The Morgan fingerprint density at radius 1 is 1.14 bits per heavy atom. The van der Waals surface area contributed by atoms with Crippen LogP contribution in [0.3, 0.4) is 0 Å². The molecule has 0 radical (unpaired) electrons. The maximum absolute atomic E-state index is 5.99. The molecule has 2 aromatic carbocycles. The fourth-order valence-corrected chi connectivity index (χ4v) is 2.77. The summed E-state index contributed by atoms with van der Waals surface area (Å²) in [7, 11) is 1.65. The van der Waals surface area contributed by atoms with Crippen molar-refractivity contribution in [2.75, 3.05) is 12.4 Å². The van der Waals surface area contributed by atoms with Crippen molar-refractivity contribution >= 4 is 11.6 Å². The van der Waals surface area contributed by atoms with Gasteiger partial charge in [0.25, 0.3) is 0 Å². The second-order valence-corrected chi connectivity index (χ2v) is 5.60. The van der Waals surface area contributed by atoms with Gasteiger partial charge in [-0.15, -0.1) is 0 Å². The van der Waals surface area contributed by atoms with Gasteiger partial charge in [-0.2, -0.15) is 0 Å². The molecule has 0 heterocycles. The number of benzene rings is 2. The summed E-state index contributed by atoms with van der Waals surface area (Å²) in [6.07, 6.45) is 2.12. The minimum atomic E-state index is 0.309. The summed E-state index contributed by atoms with van der Waals surface area (Å²) in [4.78, 5) is 4.55. The Bertz CT molecular complexity index is 648. The van der Waals surface area contributed by atoms with Crippen molar-refractivity contribution in [1.82, 2.24) is 0 Å². The van der Waals surface area contributed by atoms with Crippen LogP contribution in [0.1, 0.15) is 24.3 Å². The Labute approximate surface area is 131 Å². The van der Waals surface area contributed by atoms with Crippen LogP contribution < -0.4 is 15.8 Å². The molecule has 114 valence electrons. The van der Waals surface area contributed by atoms with Gasteiger partial charge in [0.05, 0.1) is 13.2 Å². The molecule has 4 heteroatoms. The molecule has 0 amide bonds. The highest BCUT2D eigenvalue weighted by Gasteiger charge is 2.30. The second kappa shape index (κ2) is 6.52. The summed E-state index contributed by atoms with van der Waals surface area (Å²) >= 11 is 0. The first-order chi connectivity index (χ1) is 10.7. The third-order valence-electron chi connectivity index (χ3n) is 4.05. The number of nitrogens with one attached hydrogen (secondary N) is 1. The summed E-state index contributed by atoms with van der Waals surface area (Å²) < 4.78 is 5.19. The number of nitrogens with zero attached hydrogens (tertiary/aromatic N) is 1. The number of ether oxygens (including phenoxy) is 1. The summed E-state index contributed by atoms with van der Waals surface area (Å²) in [5.74, 6) is 1.87. The summed E-state index contributed by atoms with van der Waals surface area (Å²) in [6.45, 7) is 0. The van der Waals surface area contributed by atoms with Crippen molar-refractivity contribution in [3.05, 3.63) is 60.2 Å². The van der Waals surface area contributed by atoms with Crippen LogP contribution in [0.15, 0.2) is 59.6 Å². The van der Waals surface area contributed by atoms with Gasteiger partial charge in [0, 0.05) is 11.8 Å². The van der Waals surface area contributed by atoms with Crippen LogP contribution in [0.4, 0.5) is 5.69 Å². The van der Waals surface area contributed by atoms with E-state index in [1.54, 1.807) is 7.11 Å². The topological polar surface area (TPSA) is 59.6 Å². The van der Waals surface area contributed by atoms with E-state index in [1.807, 2.05) is 30.3 Å². The van der Waals surface area contributed by atoms with Crippen LogP contribution in [-0.4, -0.2) is 19.1 Å². The fourth-order valence-electron chi connectivity index (χ4n) is 2.77. The molecule has 1 aliphatic rings. The number of aliphatic imine (C=N–C) groups is 1. The van der Waals surface area contributed by atoms with Gasteiger partial charge in [-0.3, -0.25) is 0 Å². The molecule has 0 spiro atoms. The number of rotatable bonds is 4. The SMILES string of the molecule is COc1cccc(NC(N)=NC2CC(c3ccccc3)C2)c1. The average Bonchev–Trinajstić information content (AvgIpc) is 2.51. The van der Waals surface area contributed by atoms with Crippen LogP contribution in [0.2, 0.25) is 0 Å². The number of methoxy groups -OCH3 is 1. The third-order valence-corrected chi connectivity index (χ3v) is 4.05. The van der Waals surface area contributed by atoms with Gasteiger partial charge in [-0.1, -0.05) is 36.4 Å². The molecule has 0 aliphatic heterocycles. The van der Waals surface area contributed by atoms with E-state index >= 15 is 0 Å². The molecule has 0 atom stereocenters. The highest BCUT2D eigenvalue weighted by atomic mass is 16.5. The minimum absolute atomic E-state index is 0.309. The van der Waals surface area contributed by atoms with Crippen LogP contribution in [0, 0.1) is 0 Å². The number of hydrogen-bond donors (Lipinski definition) is 2. The number of nitrogens with two attached hydrogens (primary N) is 1. The van der Waals surface area contributed by atoms with Gasteiger partial charge in [0.15, 0.2) is 5.96 Å². The van der Waals surface area contributed by atoms with E-state index in [4.69, 9.17) is 10.5 Å².